The summed E-state index contributed by atoms with van der Waals surface area (Å²) in [5.74, 6) is -2.72. The molecule has 0 spiro atoms. The molecule has 3 rings (SSSR count). The zero-order valence-electron chi connectivity index (χ0n) is 18.9. The number of carbonyl (C=O) groups excluding carboxylic acids is 1. The highest BCUT2D eigenvalue weighted by atomic mass is 32.2. The molecule has 6 nitrogen and oxygen atoms in total. The van der Waals surface area contributed by atoms with Gasteiger partial charge in [-0.25, -0.2) is 26.6 Å². The third kappa shape index (κ3) is 6.34. The molecule has 0 radical (unpaired) electrons. The monoisotopic (exact) mass is 513 g/mol. The first-order valence-corrected chi connectivity index (χ1v) is 13.4. The molecule has 0 saturated heterocycles. The molecule has 0 aliphatic heterocycles. The molecular formula is C23H26F3N3O3S2. The number of benzene rings is 2. The summed E-state index contributed by atoms with van der Waals surface area (Å²) in [6, 6.07) is 6.44. The topological polar surface area (TPSA) is 70.6 Å². The maximum absolute atomic E-state index is 14.2. The van der Waals surface area contributed by atoms with Crippen LogP contribution < -0.4 is 4.90 Å². The molecule has 0 atom stereocenters. The van der Waals surface area contributed by atoms with Gasteiger partial charge in [-0.2, -0.15) is 0 Å². The minimum Gasteiger partial charge on any atom is -0.302 e. The molecule has 184 valence electrons. The Morgan fingerprint density at radius 1 is 1.00 bits per heavy atom. The molecule has 2 aromatic carbocycles. The van der Waals surface area contributed by atoms with E-state index in [1.54, 1.807) is 0 Å². The number of halogens is 3. The first-order valence-electron chi connectivity index (χ1n) is 10.9. The summed E-state index contributed by atoms with van der Waals surface area (Å²) in [4.78, 5) is 20.8. The fourth-order valence-corrected chi connectivity index (χ4v) is 5.84. The number of nitrogens with zero attached hydrogens (tertiary/aromatic N) is 3. The zero-order chi connectivity index (χ0) is 24.9. The lowest BCUT2D eigenvalue weighted by atomic mass is 10.3. The summed E-state index contributed by atoms with van der Waals surface area (Å²) in [7, 11) is -3.68. The largest absolute Gasteiger partial charge is 0.302 e. The highest BCUT2D eigenvalue weighted by Crippen LogP contribution is 2.31. The van der Waals surface area contributed by atoms with Gasteiger partial charge < -0.3 is 4.90 Å². The standard InChI is InChI=1S/C23H26F3N3O3S2/c1-3-28(4-2)11-12-29(23-27-22-19(26)14-17(25)15-20(22)33-23)21(30)6-5-13-34(31,32)18-9-7-16(24)8-10-18/h7-10,14-15H,3-6,11-13H2,1-2H3. The predicted octanol–water partition coefficient (Wildman–Crippen LogP) is 4.64. The van der Waals surface area contributed by atoms with Crippen LogP contribution in [-0.4, -0.2) is 56.1 Å². The van der Waals surface area contributed by atoms with Crippen LogP contribution in [0.1, 0.15) is 26.7 Å². The van der Waals surface area contributed by atoms with Crippen LogP contribution in [-0.2, 0) is 14.6 Å². The molecule has 1 heterocycles. The van der Waals surface area contributed by atoms with Crippen molar-refractivity contribution in [3.8, 4) is 0 Å². The molecule has 34 heavy (non-hydrogen) atoms. The Bertz CT molecular complexity index is 1240. The third-order valence-corrected chi connectivity index (χ3v) is 8.29. The molecule has 0 N–H and O–H groups in total. The molecule has 0 unspecified atom stereocenters. The van der Waals surface area contributed by atoms with E-state index in [9.17, 15) is 26.4 Å². The van der Waals surface area contributed by atoms with Gasteiger partial charge in [-0.05, 0) is 49.8 Å². The first kappa shape index (κ1) is 26.1. The second-order valence-electron chi connectivity index (χ2n) is 7.68. The van der Waals surface area contributed by atoms with Gasteiger partial charge in [0.1, 0.15) is 17.2 Å². The van der Waals surface area contributed by atoms with Crippen LogP contribution in [0.2, 0.25) is 0 Å². The van der Waals surface area contributed by atoms with Crippen LogP contribution in [0.3, 0.4) is 0 Å². The van der Waals surface area contributed by atoms with Crippen molar-refractivity contribution in [1.29, 1.82) is 0 Å². The van der Waals surface area contributed by atoms with E-state index in [1.165, 1.54) is 23.1 Å². The lowest BCUT2D eigenvalue weighted by molar-refractivity contribution is -0.118. The van der Waals surface area contributed by atoms with E-state index >= 15 is 0 Å². The van der Waals surface area contributed by atoms with Crippen LogP contribution in [0.5, 0.6) is 0 Å². The molecular weight excluding hydrogens is 487 g/mol. The number of sulfone groups is 1. The van der Waals surface area contributed by atoms with Gasteiger partial charge in [0.15, 0.2) is 20.8 Å². The average Bonchev–Trinajstić information content (AvgIpc) is 3.21. The molecule has 1 amide bonds. The van der Waals surface area contributed by atoms with E-state index < -0.39 is 27.3 Å². The Morgan fingerprint density at radius 2 is 1.68 bits per heavy atom. The molecule has 0 saturated carbocycles. The van der Waals surface area contributed by atoms with Crippen molar-refractivity contribution in [2.24, 2.45) is 0 Å². The Labute approximate surface area is 200 Å². The minimum absolute atomic E-state index is 0.0107. The fraction of sp³-hybridized carbons (Fsp3) is 0.391. The predicted molar refractivity (Wildman–Crippen MR) is 127 cm³/mol. The number of rotatable bonds is 11. The van der Waals surface area contributed by atoms with E-state index in [2.05, 4.69) is 9.88 Å². The van der Waals surface area contributed by atoms with Gasteiger partial charge in [-0.3, -0.25) is 9.69 Å². The zero-order valence-corrected chi connectivity index (χ0v) is 20.6. The number of hydrogen-bond donors (Lipinski definition) is 0. The number of hydrogen-bond acceptors (Lipinski definition) is 6. The smallest absolute Gasteiger partial charge is 0.228 e. The van der Waals surface area contributed by atoms with Crippen molar-refractivity contribution >= 4 is 42.4 Å². The Balaban J connectivity index is 1.77. The highest BCUT2D eigenvalue weighted by Gasteiger charge is 2.23. The quantitative estimate of drug-likeness (QED) is 0.350. The maximum atomic E-state index is 14.2. The number of thiazole rings is 1. The SMILES string of the molecule is CCN(CC)CCN(C(=O)CCCS(=O)(=O)c1ccc(F)cc1)c1nc2c(F)cc(F)cc2s1. The summed E-state index contributed by atoms with van der Waals surface area (Å²) < 4.78 is 66.2. The lowest BCUT2D eigenvalue weighted by Crippen LogP contribution is -2.38. The molecule has 0 aliphatic carbocycles. The molecule has 1 aromatic heterocycles. The second kappa shape index (κ2) is 11.3. The Kier molecular flexibility index (Phi) is 8.67. The van der Waals surface area contributed by atoms with Crippen molar-refractivity contribution in [1.82, 2.24) is 9.88 Å². The van der Waals surface area contributed by atoms with Gasteiger partial charge >= 0.3 is 0 Å². The summed E-state index contributed by atoms with van der Waals surface area (Å²) in [6.45, 7) is 6.34. The highest BCUT2D eigenvalue weighted by molar-refractivity contribution is 7.91. The number of anilines is 1. The average molecular weight is 514 g/mol. The van der Waals surface area contributed by atoms with Gasteiger partial charge in [0, 0.05) is 25.6 Å². The van der Waals surface area contributed by atoms with Crippen molar-refractivity contribution in [2.45, 2.75) is 31.6 Å². The minimum atomic E-state index is -3.68. The van der Waals surface area contributed by atoms with Gasteiger partial charge in [0.2, 0.25) is 5.91 Å². The lowest BCUT2D eigenvalue weighted by Gasteiger charge is -2.24. The van der Waals surface area contributed by atoms with E-state index in [0.29, 0.717) is 6.54 Å². The summed E-state index contributed by atoms with van der Waals surface area (Å²) >= 11 is 1.01. The number of carbonyl (C=O) groups is 1. The first-order chi connectivity index (χ1) is 16.1. The number of aromatic nitrogens is 1. The van der Waals surface area contributed by atoms with Crippen molar-refractivity contribution < 1.29 is 26.4 Å². The second-order valence-corrected chi connectivity index (χ2v) is 10.8. The van der Waals surface area contributed by atoms with Crippen molar-refractivity contribution in [3.05, 3.63) is 53.8 Å². The van der Waals surface area contributed by atoms with Crippen molar-refractivity contribution in [3.63, 3.8) is 0 Å². The third-order valence-electron chi connectivity index (χ3n) is 5.44. The van der Waals surface area contributed by atoms with Crippen LogP contribution in [0.4, 0.5) is 18.3 Å². The Morgan fingerprint density at radius 3 is 2.32 bits per heavy atom. The maximum Gasteiger partial charge on any atom is 0.228 e. The number of fused-ring (bicyclic) bond motifs is 1. The van der Waals surface area contributed by atoms with Crippen molar-refractivity contribution in [2.75, 3.05) is 36.8 Å². The molecule has 0 fully saturated rings. The van der Waals surface area contributed by atoms with E-state index in [1.807, 2.05) is 13.8 Å². The summed E-state index contributed by atoms with van der Waals surface area (Å²) in [5, 5.41) is 0.234. The number of amides is 1. The molecule has 0 aliphatic rings. The van der Waals surface area contributed by atoms with E-state index in [4.69, 9.17) is 0 Å². The molecule has 11 heteroatoms. The van der Waals surface area contributed by atoms with Crippen LogP contribution in [0, 0.1) is 17.5 Å². The Hall–Kier alpha value is -2.50. The van der Waals surface area contributed by atoms with Gasteiger partial charge in [-0.1, -0.05) is 25.2 Å². The summed E-state index contributed by atoms with van der Waals surface area (Å²) in [6.07, 6.45) is -0.0281. The molecule has 3 aromatic rings. The van der Waals surface area contributed by atoms with Gasteiger partial charge in [-0.15, -0.1) is 0 Å². The summed E-state index contributed by atoms with van der Waals surface area (Å²) in [5.41, 5.74) is -0.0130. The van der Waals surface area contributed by atoms with Crippen LogP contribution in [0.15, 0.2) is 41.3 Å². The van der Waals surface area contributed by atoms with Crippen LogP contribution in [0.25, 0.3) is 10.2 Å². The van der Waals surface area contributed by atoms with Gasteiger partial charge in [0.25, 0.3) is 0 Å². The number of likely N-dealkylation sites (N-methyl/N-ethyl adjacent to an activating group) is 1. The molecule has 0 bridgehead atoms. The normalized spacial score (nSPS) is 11.9. The van der Waals surface area contributed by atoms with E-state index in [0.717, 1.165) is 42.6 Å². The fourth-order valence-electron chi connectivity index (χ4n) is 3.48. The van der Waals surface area contributed by atoms with Crippen LogP contribution >= 0.6 is 11.3 Å². The van der Waals surface area contributed by atoms with E-state index in [-0.39, 0.29) is 51.3 Å². The van der Waals surface area contributed by atoms with Gasteiger partial charge in [0.05, 0.1) is 15.3 Å².